The first kappa shape index (κ1) is 15.2. The highest BCUT2D eigenvalue weighted by atomic mass is 32.1. The van der Waals surface area contributed by atoms with E-state index in [1.807, 2.05) is 0 Å². The summed E-state index contributed by atoms with van der Waals surface area (Å²) >= 11 is 1.77. The molecule has 0 bridgehead atoms. The van der Waals surface area contributed by atoms with Crippen molar-refractivity contribution in [1.29, 1.82) is 0 Å². The van der Waals surface area contributed by atoms with E-state index in [-0.39, 0.29) is 0 Å². The number of hydrogen-bond acceptors (Lipinski definition) is 4. The maximum absolute atomic E-state index is 5.25. The Morgan fingerprint density at radius 2 is 1.95 bits per heavy atom. The molecule has 108 valence electrons. The number of aromatic nitrogens is 1. The highest BCUT2D eigenvalue weighted by molar-refractivity contribution is 7.11. The second kappa shape index (κ2) is 6.97. The largest absolute Gasteiger partial charge is 0.380 e. The fourth-order valence-corrected chi connectivity index (χ4v) is 3.29. The molecule has 20 heavy (non-hydrogen) atoms. The van der Waals surface area contributed by atoms with Gasteiger partial charge in [-0.2, -0.15) is 0 Å². The predicted octanol–water partition coefficient (Wildman–Crippen LogP) is 3.76. The first-order valence-electron chi connectivity index (χ1n) is 6.85. The Balaban J connectivity index is 2.03. The maximum Gasteiger partial charge on any atom is 0.0900 e. The number of thiazole rings is 1. The van der Waals surface area contributed by atoms with E-state index in [0.29, 0.717) is 12.6 Å². The first-order chi connectivity index (χ1) is 9.61. The monoisotopic (exact) mass is 290 g/mol. The van der Waals surface area contributed by atoms with Crippen LogP contribution >= 0.6 is 11.3 Å². The molecular weight excluding hydrogens is 268 g/mol. The van der Waals surface area contributed by atoms with Gasteiger partial charge in [0, 0.05) is 24.6 Å². The van der Waals surface area contributed by atoms with Crippen molar-refractivity contribution in [3.8, 4) is 0 Å². The molecule has 4 heteroatoms. The van der Waals surface area contributed by atoms with Crippen LogP contribution in [0.25, 0.3) is 0 Å². The summed E-state index contributed by atoms with van der Waals surface area (Å²) < 4.78 is 5.25. The third kappa shape index (κ3) is 3.66. The summed E-state index contributed by atoms with van der Waals surface area (Å²) in [5, 5.41) is 4.71. The summed E-state index contributed by atoms with van der Waals surface area (Å²) in [4.78, 5) is 5.82. The molecule has 0 aliphatic carbocycles. The summed E-state index contributed by atoms with van der Waals surface area (Å²) in [5.74, 6) is 0. The van der Waals surface area contributed by atoms with Gasteiger partial charge in [0.1, 0.15) is 0 Å². The van der Waals surface area contributed by atoms with Gasteiger partial charge in [0.05, 0.1) is 17.3 Å². The molecule has 1 N–H and O–H groups in total. The van der Waals surface area contributed by atoms with Gasteiger partial charge in [0.15, 0.2) is 0 Å². The van der Waals surface area contributed by atoms with Crippen LogP contribution in [0.5, 0.6) is 0 Å². The molecule has 1 unspecified atom stereocenters. The molecule has 1 aromatic heterocycles. The smallest absolute Gasteiger partial charge is 0.0900 e. The summed E-state index contributed by atoms with van der Waals surface area (Å²) in [6.07, 6.45) is 0. The van der Waals surface area contributed by atoms with Crippen molar-refractivity contribution >= 4 is 11.3 Å². The Bertz CT molecular complexity index is 565. The first-order valence-corrected chi connectivity index (χ1v) is 7.66. The molecule has 0 aliphatic heterocycles. The van der Waals surface area contributed by atoms with Gasteiger partial charge in [-0.25, -0.2) is 4.98 Å². The van der Waals surface area contributed by atoms with Crippen LogP contribution in [0.1, 0.15) is 39.7 Å². The third-order valence-corrected chi connectivity index (χ3v) is 4.61. The second-order valence-corrected chi connectivity index (χ2v) is 6.22. The topological polar surface area (TPSA) is 34.1 Å². The van der Waals surface area contributed by atoms with Crippen LogP contribution in [-0.2, 0) is 17.9 Å². The van der Waals surface area contributed by atoms with Crippen LogP contribution in [0.2, 0.25) is 0 Å². The Labute approximate surface area is 125 Å². The summed E-state index contributed by atoms with van der Waals surface area (Å²) in [6, 6.07) is 8.71. The molecule has 3 nitrogen and oxygen atoms in total. The molecule has 0 saturated carbocycles. The molecular formula is C16H22N2OS. The number of aryl methyl sites for hydroxylation is 2. The summed E-state index contributed by atoms with van der Waals surface area (Å²) in [7, 11) is 1.73. The average Bonchev–Trinajstić information content (AvgIpc) is 2.77. The highest BCUT2D eigenvalue weighted by Gasteiger charge is 2.13. The fourth-order valence-electron chi connectivity index (χ4n) is 2.33. The highest BCUT2D eigenvalue weighted by Crippen LogP contribution is 2.24. The van der Waals surface area contributed by atoms with Crippen molar-refractivity contribution in [3.05, 3.63) is 51.0 Å². The van der Waals surface area contributed by atoms with Crippen molar-refractivity contribution in [2.45, 2.75) is 40.0 Å². The van der Waals surface area contributed by atoms with E-state index in [4.69, 9.17) is 4.74 Å². The van der Waals surface area contributed by atoms with E-state index >= 15 is 0 Å². The average molecular weight is 290 g/mol. The number of nitrogens with one attached hydrogen (secondary N) is 1. The lowest BCUT2D eigenvalue weighted by Gasteiger charge is -2.15. The van der Waals surface area contributed by atoms with E-state index in [1.54, 1.807) is 18.4 Å². The van der Waals surface area contributed by atoms with E-state index in [0.717, 1.165) is 17.2 Å². The van der Waals surface area contributed by atoms with E-state index in [1.165, 1.54) is 16.0 Å². The SMILES string of the molecule is COCc1ccccc1CNC(C)c1sc(C)nc1C. The van der Waals surface area contributed by atoms with Gasteiger partial charge in [-0.1, -0.05) is 24.3 Å². The van der Waals surface area contributed by atoms with E-state index in [9.17, 15) is 0 Å². The van der Waals surface area contributed by atoms with Gasteiger partial charge >= 0.3 is 0 Å². The third-order valence-electron chi connectivity index (χ3n) is 3.35. The Kier molecular flexibility index (Phi) is 5.29. The molecule has 0 spiro atoms. The van der Waals surface area contributed by atoms with Crippen molar-refractivity contribution in [3.63, 3.8) is 0 Å². The number of methoxy groups -OCH3 is 1. The van der Waals surface area contributed by atoms with Crippen LogP contribution in [0.3, 0.4) is 0 Å². The van der Waals surface area contributed by atoms with Gasteiger partial charge in [0.25, 0.3) is 0 Å². The van der Waals surface area contributed by atoms with Gasteiger partial charge in [-0.15, -0.1) is 11.3 Å². The van der Waals surface area contributed by atoms with Crippen molar-refractivity contribution < 1.29 is 4.74 Å². The second-order valence-electron chi connectivity index (χ2n) is 4.99. The van der Waals surface area contributed by atoms with Crippen LogP contribution in [0.15, 0.2) is 24.3 Å². The normalized spacial score (nSPS) is 12.6. The molecule has 0 fully saturated rings. The Morgan fingerprint density at radius 3 is 2.55 bits per heavy atom. The number of rotatable bonds is 6. The lowest BCUT2D eigenvalue weighted by molar-refractivity contribution is 0.184. The minimum atomic E-state index is 0.316. The minimum Gasteiger partial charge on any atom is -0.380 e. The maximum atomic E-state index is 5.25. The van der Waals surface area contributed by atoms with E-state index < -0.39 is 0 Å². The number of nitrogens with zero attached hydrogens (tertiary/aromatic N) is 1. The van der Waals surface area contributed by atoms with Crippen molar-refractivity contribution in [2.24, 2.45) is 0 Å². The van der Waals surface area contributed by atoms with Crippen LogP contribution in [-0.4, -0.2) is 12.1 Å². The Morgan fingerprint density at radius 1 is 1.25 bits per heavy atom. The van der Waals surface area contributed by atoms with Gasteiger partial charge in [-0.3, -0.25) is 0 Å². The minimum absolute atomic E-state index is 0.316. The molecule has 0 amide bonds. The molecule has 0 saturated heterocycles. The molecule has 0 radical (unpaired) electrons. The lowest BCUT2D eigenvalue weighted by Crippen LogP contribution is -2.18. The quantitative estimate of drug-likeness (QED) is 0.879. The predicted molar refractivity (Wildman–Crippen MR) is 84.0 cm³/mol. The number of benzene rings is 1. The standard InChI is InChI=1S/C16H22N2OS/c1-11(16-12(2)18-13(3)20-16)17-9-14-7-5-6-8-15(14)10-19-4/h5-8,11,17H,9-10H2,1-4H3. The van der Waals surface area contributed by atoms with Crippen molar-refractivity contribution in [1.82, 2.24) is 10.3 Å². The Hall–Kier alpha value is -1.23. The zero-order chi connectivity index (χ0) is 14.5. The molecule has 0 aliphatic rings. The van der Waals surface area contributed by atoms with Gasteiger partial charge < -0.3 is 10.1 Å². The van der Waals surface area contributed by atoms with Crippen molar-refractivity contribution in [2.75, 3.05) is 7.11 Å². The molecule has 2 aromatic rings. The zero-order valence-corrected chi connectivity index (χ0v) is 13.4. The van der Waals surface area contributed by atoms with Gasteiger partial charge in [0.2, 0.25) is 0 Å². The molecule has 1 atom stereocenters. The van der Waals surface area contributed by atoms with Crippen LogP contribution in [0.4, 0.5) is 0 Å². The molecule has 1 aromatic carbocycles. The van der Waals surface area contributed by atoms with E-state index in [2.05, 4.69) is 55.3 Å². The number of ether oxygens (including phenoxy) is 1. The van der Waals surface area contributed by atoms with Crippen LogP contribution < -0.4 is 5.32 Å². The zero-order valence-electron chi connectivity index (χ0n) is 12.6. The molecule has 2 rings (SSSR count). The fraction of sp³-hybridized carbons (Fsp3) is 0.438. The lowest BCUT2D eigenvalue weighted by atomic mass is 10.1. The summed E-state index contributed by atoms with van der Waals surface area (Å²) in [5.41, 5.74) is 3.67. The molecule has 1 heterocycles. The van der Waals surface area contributed by atoms with Gasteiger partial charge in [-0.05, 0) is 31.9 Å². The summed E-state index contributed by atoms with van der Waals surface area (Å²) in [6.45, 7) is 7.83. The number of hydrogen-bond donors (Lipinski definition) is 1. The van der Waals surface area contributed by atoms with Crippen LogP contribution in [0, 0.1) is 13.8 Å².